The van der Waals surface area contributed by atoms with Gasteiger partial charge in [-0.15, -0.1) is 0 Å². The molecule has 0 bridgehead atoms. The molecule has 0 fully saturated rings. The van der Waals surface area contributed by atoms with Crippen molar-refractivity contribution in [2.45, 2.75) is 17.9 Å². The van der Waals surface area contributed by atoms with Crippen LogP contribution in [0.15, 0.2) is 47.4 Å². The number of fused-ring (bicyclic) bond motifs is 1. The Bertz CT molecular complexity index is 897. The number of aryl methyl sites for hydroxylation is 1. The normalized spacial score (nSPS) is 17.1. The molecule has 0 aliphatic carbocycles. The lowest BCUT2D eigenvalue weighted by molar-refractivity contribution is -0.124. The van der Waals surface area contributed by atoms with Gasteiger partial charge in [-0.3, -0.25) is 9.10 Å². The second kappa shape index (κ2) is 5.99. The van der Waals surface area contributed by atoms with E-state index >= 15 is 0 Å². The summed E-state index contributed by atoms with van der Waals surface area (Å²) < 4.78 is 32.6. The van der Waals surface area contributed by atoms with Gasteiger partial charge in [-0.05, 0) is 37.3 Å². The van der Waals surface area contributed by atoms with Crippen molar-refractivity contribution in [3.63, 3.8) is 0 Å². The molecule has 0 unspecified atom stereocenters. The van der Waals surface area contributed by atoms with Crippen LogP contribution in [0.1, 0.15) is 5.56 Å². The van der Waals surface area contributed by atoms with Crippen molar-refractivity contribution in [1.82, 2.24) is 0 Å². The van der Waals surface area contributed by atoms with Crippen molar-refractivity contribution >= 4 is 33.2 Å². The van der Waals surface area contributed by atoms with Crippen molar-refractivity contribution in [3.8, 4) is 5.75 Å². The molecule has 1 aliphatic rings. The number of ether oxygens (including phenoxy) is 1. The lowest BCUT2D eigenvalue weighted by Crippen LogP contribution is -2.49. The maximum Gasteiger partial charge on any atom is 0.264 e. The quantitative estimate of drug-likeness (QED) is 0.900. The van der Waals surface area contributed by atoms with Gasteiger partial charge in [-0.25, -0.2) is 8.42 Å². The number of anilines is 1. The molecule has 126 valence electrons. The number of benzene rings is 2. The molecule has 0 saturated carbocycles. The van der Waals surface area contributed by atoms with Crippen LogP contribution >= 0.6 is 11.6 Å². The predicted octanol–water partition coefficient (Wildman–Crippen LogP) is 2.09. The van der Waals surface area contributed by atoms with Gasteiger partial charge in [0.25, 0.3) is 15.9 Å². The number of hydrogen-bond donors (Lipinski definition) is 1. The average Bonchev–Trinajstić information content (AvgIpc) is 2.54. The minimum Gasteiger partial charge on any atom is -0.476 e. The molecule has 1 amide bonds. The summed E-state index contributed by atoms with van der Waals surface area (Å²) in [6.07, 6.45) is -1.07. The molecule has 1 aliphatic heterocycles. The van der Waals surface area contributed by atoms with Gasteiger partial charge in [0.15, 0.2) is 6.10 Å². The number of carbonyl (C=O) groups is 1. The van der Waals surface area contributed by atoms with Crippen molar-refractivity contribution in [3.05, 3.63) is 53.1 Å². The third-order valence-corrected chi connectivity index (χ3v) is 5.75. The minimum atomic E-state index is -3.89. The van der Waals surface area contributed by atoms with Gasteiger partial charge in [0, 0.05) is 5.02 Å². The first-order chi connectivity index (χ1) is 11.3. The van der Waals surface area contributed by atoms with E-state index < -0.39 is 22.0 Å². The summed E-state index contributed by atoms with van der Waals surface area (Å²) in [5.41, 5.74) is 6.52. The summed E-state index contributed by atoms with van der Waals surface area (Å²) in [6, 6.07) is 11.0. The summed E-state index contributed by atoms with van der Waals surface area (Å²) in [7, 11) is -3.89. The van der Waals surface area contributed by atoms with Crippen LogP contribution in [-0.4, -0.2) is 27.0 Å². The average molecular weight is 367 g/mol. The van der Waals surface area contributed by atoms with E-state index in [1.54, 1.807) is 18.2 Å². The van der Waals surface area contributed by atoms with E-state index in [9.17, 15) is 13.2 Å². The van der Waals surface area contributed by atoms with Gasteiger partial charge in [0.2, 0.25) is 0 Å². The number of sulfonamides is 1. The van der Waals surface area contributed by atoms with Gasteiger partial charge >= 0.3 is 0 Å². The number of hydrogen-bond acceptors (Lipinski definition) is 4. The van der Waals surface area contributed by atoms with E-state index in [0.717, 1.165) is 9.87 Å². The number of primary amides is 1. The number of nitrogens with zero attached hydrogens (tertiary/aromatic N) is 1. The number of nitrogens with two attached hydrogens (primary N) is 1. The Hall–Kier alpha value is -2.25. The zero-order chi connectivity index (χ0) is 17.5. The van der Waals surface area contributed by atoms with E-state index in [1.807, 2.05) is 6.92 Å². The van der Waals surface area contributed by atoms with E-state index in [1.165, 1.54) is 24.3 Å². The van der Waals surface area contributed by atoms with Crippen LogP contribution < -0.4 is 14.8 Å². The topological polar surface area (TPSA) is 89.7 Å². The Morgan fingerprint density at radius 3 is 2.54 bits per heavy atom. The van der Waals surface area contributed by atoms with Crippen LogP contribution in [0, 0.1) is 6.92 Å². The first kappa shape index (κ1) is 16.6. The van der Waals surface area contributed by atoms with Gasteiger partial charge in [-0.2, -0.15) is 0 Å². The SMILES string of the molecule is Cc1ccc(S(=O)(=O)N2C[C@@H](C(N)=O)Oc3ccc(Cl)cc32)cc1. The number of rotatable bonds is 3. The van der Waals surface area contributed by atoms with Gasteiger partial charge in [0.1, 0.15) is 5.75 Å². The lowest BCUT2D eigenvalue weighted by atomic mass is 10.2. The van der Waals surface area contributed by atoms with E-state index in [2.05, 4.69) is 0 Å². The maximum absolute atomic E-state index is 13.0. The molecule has 2 aromatic carbocycles. The van der Waals surface area contributed by atoms with Gasteiger partial charge in [0.05, 0.1) is 17.1 Å². The number of carbonyl (C=O) groups excluding carboxylic acids is 1. The van der Waals surface area contributed by atoms with E-state index in [-0.39, 0.29) is 22.9 Å². The highest BCUT2D eigenvalue weighted by Crippen LogP contribution is 2.38. The van der Waals surface area contributed by atoms with Crippen molar-refractivity contribution in [2.24, 2.45) is 5.73 Å². The monoisotopic (exact) mass is 366 g/mol. The second-order valence-electron chi connectivity index (χ2n) is 5.47. The van der Waals surface area contributed by atoms with Crippen LogP contribution in [0.4, 0.5) is 5.69 Å². The first-order valence-electron chi connectivity index (χ1n) is 7.14. The van der Waals surface area contributed by atoms with Crippen LogP contribution in [0.2, 0.25) is 5.02 Å². The summed E-state index contributed by atoms with van der Waals surface area (Å²) >= 11 is 5.99. The van der Waals surface area contributed by atoms with Crippen molar-refractivity contribution in [1.29, 1.82) is 0 Å². The predicted molar refractivity (Wildman–Crippen MR) is 90.8 cm³/mol. The molecule has 0 spiro atoms. The zero-order valence-electron chi connectivity index (χ0n) is 12.8. The van der Waals surface area contributed by atoms with Crippen LogP contribution in [0.25, 0.3) is 0 Å². The molecule has 0 aromatic heterocycles. The Labute approximate surface area is 144 Å². The van der Waals surface area contributed by atoms with Crippen molar-refractivity contribution in [2.75, 3.05) is 10.8 Å². The maximum atomic E-state index is 13.0. The lowest BCUT2D eigenvalue weighted by Gasteiger charge is -2.34. The molecule has 2 aromatic rings. The molecule has 0 radical (unpaired) electrons. The third-order valence-electron chi connectivity index (χ3n) is 3.72. The standard InChI is InChI=1S/C16H15ClN2O4S/c1-10-2-5-12(6-3-10)24(21,22)19-9-15(16(18)20)23-14-7-4-11(17)8-13(14)19/h2-8,15H,9H2,1H3,(H2,18,20)/t15-/m0/s1. The Morgan fingerprint density at radius 2 is 1.92 bits per heavy atom. The first-order valence-corrected chi connectivity index (χ1v) is 8.96. The van der Waals surface area contributed by atoms with Crippen LogP contribution in [-0.2, 0) is 14.8 Å². The summed E-state index contributed by atoms with van der Waals surface area (Å²) in [5, 5.41) is 0.360. The minimum absolute atomic E-state index is 0.115. The van der Waals surface area contributed by atoms with Crippen LogP contribution in [0.5, 0.6) is 5.75 Å². The Morgan fingerprint density at radius 1 is 1.25 bits per heavy atom. The Balaban J connectivity index is 2.13. The highest BCUT2D eigenvalue weighted by molar-refractivity contribution is 7.92. The summed E-state index contributed by atoms with van der Waals surface area (Å²) in [4.78, 5) is 11.6. The second-order valence-corrected chi connectivity index (χ2v) is 7.77. The molecular weight excluding hydrogens is 352 g/mol. The molecule has 24 heavy (non-hydrogen) atoms. The fourth-order valence-corrected chi connectivity index (χ4v) is 4.07. The largest absolute Gasteiger partial charge is 0.476 e. The molecule has 2 N–H and O–H groups in total. The van der Waals surface area contributed by atoms with Crippen molar-refractivity contribution < 1.29 is 17.9 Å². The highest BCUT2D eigenvalue weighted by atomic mass is 35.5. The fourth-order valence-electron chi connectivity index (χ4n) is 2.44. The molecule has 1 heterocycles. The Kier molecular flexibility index (Phi) is 4.15. The highest BCUT2D eigenvalue weighted by Gasteiger charge is 2.36. The molecular formula is C16H15ClN2O4S. The van der Waals surface area contributed by atoms with Gasteiger partial charge in [-0.1, -0.05) is 29.3 Å². The molecule has 0 saturated heterocycles. The third kappa shape index (κ3) is 2.92. The molecule has 1 atom stereocenters. The van der Waals surface area contributed by atoms with Gasteiger partial charge < -0.3 is 10.5 Å². The van der Waals surface area contributed by atoms with Crippen LogP contribution in [0.3, 0.4) is 0 Å². The zero-order valence-corrected chi connectivity index (χ0v) is 14.3. The summed E-state index contributed by atoms with van der Waals surface area (Å²) in [6.45, 7) is 1.65. The summed E-state index contributed by atoms with van der Waals surface area (Å²) in [5.74, 6) is -0.496. The number of halogens is 1. The fraction of sp³-hybridized carbons (Fsp3) is 0.188. The van der Waals surface area contributed by atoms with E-state index in [4.69, 9.17) is 22.1 Å². The molecule has 8 heteroatoms. The smallest absolute Gasteiger partial charge is 0.264 e. The number of amides is 1. The van der Waals surface area contributed by atoms with E-state index in [0.29, 0.717) is 5.02 Å². The molecule has 6 nitrogen and oxygen atoms in total. The molecule has 3 rings (SSSR count).